The minimum atomic E-state index is 0.348. The third-order valence-electron chi connectivity index (χ3n) is 2.42. The van der Waals surface area contributed by atoms with Gasteiger partial charge in [0.25, 0.3) is 0 Å². The predicted molar refractivity (Wildman–Crippen MR) is 53.5 cm³/mol. The van der Waals surface area contributed by atoms with Crippen molar-refractivity contribution < 1.29 is 5.11 Å². The molecule has 0 unspecified atom stereocenters. The molecule has 2 nitrogen and oxygen atoms in total. The van der Waals surface area contributed by atoms with Gasteiger partial charge < -0.3 is 10.8 Å². The Kier molecular flexibility index (Phi) is 2.07. The maximum absolute atomic E-state index is 9.26. The molecule has 2 heteroatoms. The number of hydrogen-bond donors (Lipinski definition) is 2. The number of benzene rings is 1. The van der Waals surface area contributed by atoms with E-state index in [1.807, 2.05) is 12.1 Å². The van der Waals surface area contributed by atoms with Crippen LogP contribution in [0.15, 0.2) is 24.3 Å². The second-order valence-corrected chi connectivity index (χ2v) is 3.31. The van der Waals surface area contributed by atoms with Gasteiger partial charge in [-0.1, -0.05) is 12.1 Å². The minimum Gasteiger partial charge on any atom is -0.508 e. The molecule has 0 amide bonds. The molecule has 1 aromatic rings. The molecule has 0 bridgehead atoms. The van der Waals surface area contributed by atoms with Gasteiger partial charge in [-0.05, 0) is 48.2 Å². The van der Waals surface area contributed by atoms with Crippen LogP contribution in [-0.4, -0.2) is 11.7 Å². The molecular weight excluding hydrogens is 162 g/mol. The van der Waals surface area contributed by atoms with E-state index in [0.29, 0.717) is 12.3 Å². The molecule has 2 rings (SSSR count). The lowest BCUT2D eigenvalue weighted by Gasteiger charge is -2.04. The van der Waals surface area contributed by atoms with Gasteiger partial charge >= 0.3 is 0 Å². The SMILES string of the molecule is NCCC1=CCc2cc(O)ccc21. The molecule has 0 radical (unpaired) electrons. The lowest BCUT2D eigenvalue weighted by Crippen LogP contribution is -1.99. The lowest BCUT2D eigenvalue weighted by atomic mass is 10.0. The second kappa shape index (κ2) is 3.23. The molecule has 68 valence electrons. The lowest BCUT2D eigenvalue weighted by molar-refractivity contribution is 0.474. The highest BCUT2D eigenvalue weighted by atomic mass is 16.3. The summed E-state index contributed by atoms with van der Waals surface area (Å²) in [6, 6.07) is 5.53. The third kappa shape index (κ3) is 1.45. The summed E-state index contributed by atoms with van der Waals surface area (Å²) in [5, 5.41) is 9.26. The predicted octanol–water partition coefficient (Wildman–Crippen LogP) is 1.68. The Bertz CT molecular complexity index is 355. The maximum Gasteiger partial charge on any atom is 0.115 e. The van der Waals surface area contributed by atoms with E-state index in [9.17, 15) is 5.11 Å². The summed E-state index contributed by atoms with van der Waals surface area (Å²) in [6.07, 6.45) is 4.05. The summed E-state index contributed by atoms with van der Waals surface area (Å²) in [7, 11) is 0. The van der Waals surface area contributed by atoms with Gasteiger partial charge in [-0.15, -0.1) is 0 Å². The van der Waals surface area contributed by atoms with Crippen LogP contribution in [-0.2, 0) is 6.42 Å². The van der Waals surface area contributed by atoms with Gasteiger partial charge in [0.2, 0.25) is 0 Å². The number of aromatic hydroxyl groups is 1. The number of fused-ring (bicyclic) bond motifs is 1. The van der Waals surface area contributed by atoms with Crippen molar-refractivity contribution in [1.82, 2.24) is 0 Å². The molecule has 0 saturated carbocycles. The fourth-order valence-electron chi connectivity index (χ4n) is 1.80. The highest BCUT2D eigenvalue weighted by Crippen LogP contribution is 2.31. The molecule has 0 fully saturated rings. The van der Waals surface area contributed by atoms with Crippen molar-refractivity contribution in [3.8, 4) is 5.75 Å². The van der Waals surface area contributed by atoms with Gasteiger partial charge in [-0.2, -0.15) is 0 Å². The van der Waals surface area contributed by atoms with Crippen LogP contribution in [0.1, 0.15) is 17.5 Å². The van der Waals surface area contributed by atoms with E-state index >= 15 is 0 Å². The van der Waals surface area contributed by atoms with Gasteiger partial charge in [0.05, 0.1) is 0 Å². The number of allylic oxidation sites excluding steroid dienone is 1. The Hall–Kier alpha value is -1.28. The van der Waals surface area contributed by atoms with E-state index in [0.717, 1.165) is 12.8 Å². The molecule has 0 aromatic heterocycles. The quantitative estimate of drug-likeness (QED) is 0.718. The Morgan fingerprint density at radius 2 is 2.23 bits per heavy atom. The molecule has 0 atom stereocenters. The summed E-state index contributed by atoms with van der Waals surface area (Å²) in [5.41, 5.74) is 9.29. The van der Waals surface area contributed by atoms with Crippen LogP contribution >= 0.6 is 0 Å². The Labute approximate surface area is 77.7 Å². The smallest absolute Gasteiger partial charge is 0.115 e. The highest BCUT2D eigenvalue weighted by Gasteiger charge is 2.12. The van der Waals surface area contributed by atoms with Crippen molar-refractivity contribution in [2.45, 2.75) is 12.8 Å². The molecule has 0 heterocycles. The molecule has 13 heavy (non-hydrogen) atoms. The van der Waals surface area contributed by atoms with E-state index < -0.39 is 0 Å². The van der Waals surface area contributed by atoms with Gasteiger partial charge in [-0.3, -0.25) is 0 Å². The summed E-state index contributed by atoms with van der Waals surface area (Å²) in [4.78, 5) is 0. The normalized spacial score (nSPS) is 14.1. The molecule has 3 N–H and O–H groups in total. The second-order valence-electron chi connectivity index (χ2n) is 3.31. The van der Waals surface area contributed by atoms with Crippen LogP contribution in [0.25, 0.3) is 5.57 Å². The average molecular weight is 175 g/mol. The van der Waals surface area contributed by atoms with Crippen molar-refractivity contribution in [3.05, 3.63) is 35.4 Å². The first-order valence-electron chi connectivity index (χ1n) is 4.52. The number of nitrogens with two attached hydrogens (primary N) is 1. The molecule has 1 aliphatic carbocycles. The van der Waals surface area contributed by atoms with Gasteiger partial charge in [0.1, 0.15) is 5.75 Å². The summed E-state index contributed by atoms with van der Waals surface area (Å²) in [6.45, 7) is 0.687. The zero-order chi connectivity index (χ0) is 9.26. The molecule has 1 aromatic carbocycles. The molecule has 0 spiro atoms. The van der Waals surface area contributed by atoms with E-state index in [1.54, 1.807) is 6.07 Å². The third-order valence-corrected chi connectivity index (χ3v) is 2.42. The number of rotatable bonds is 2. The summed E-state index contributed by atoms with van der Waals surface area (Å²) < 4.78 is 0. The van der Waals surface area contributed by atoms with Crippen LogP contribution in [0.3, 0.4) is 0 Å². The first-order chi connectivity index (χ1) is 6.31. The van der Waals surface area contributed by atoms with Crippen LogP contribution < -0.4 is 5.73 Å². The number of hydrogen-bond acceptors (Lipinski definition) is 2. The largest absolute Gasteiger partial charge is 0.508 e. The molecule has 0 saturated heterocycles. The molecular formula is C11H13NO. The zero-order valence-corrected chi connectivity index (χ0v) is 7.46. The van der Waals surface area contributed by atoms with Crippen molar-refractivity contribution >= 4 is 5.57 Å². The molecule has 0 aliphatic heterocycles. The number of phenols is 1. The highest BCUT2D eigenvalue weighted by molar-refractivity contribution is 5.73. The van der Waals surface area contributed by atoms with Crippen molar-refractivity contribution in [2.75, 3.05) is 6.54 Å². The topological polar surface area (TPSA) is 46.2 Å². The first-order valence-corrected chi connectivity index (χ1v) is 4.52. The number of phenolic OH excluding ortho intramolecular Hbond substituents is 1. The summed E-state index contributed by atoms with van der Waals surface area (Å²) >= 11 is 0. The van der Waals surface area contributed by atoms with Gasteiger partial charge in [-0.25, -0.2) is 0 Å². The van der Waals surface area contributed by atoms with Gasteiger partial charge in [0, 0.05) is 0 Å². The van der Waals surface area contributed by atoms with E-state index in [1.165, 1.54) is 16.7 Å². The maximum atomic E-state index is 9.26. The van der Waals surface area contributed by atoms with Crippen molar-refractivity contribution in [1.29, 1.82) is 0 Å². The minimum absolute atomic E-state index is 0.348. The van der Waals surface area contributed by atoms with E-state index in [4.69, 9.17) is 5.73 Å². The van der Waals surface area contributed by atoms with E-state index in [-0.39, 0.29) is 0 Å². The fourth-order valence-corrected chi connectivity index (χ4v) is 1.80. The fraction of sp³-hybridized carbons (Fsp3) is 0.273. The standard InChI is InChI=1S/C11H13NO/c12-6-5-8-1-2-9-7-10(13)3-4-11(8)9/h1,3-4,7,13H,2,5-6,12H2. The Balaban J connectivity index is 2.34. The summed E-state index contributed by atoms with van der Waals surface area (Å²) in [5.74, 6) is 0.348. The van der Waals surface area contributed by atoms with Crippen LogP contribution in [0.4, 0.5) is 0 Å². The average Bonchev–Trinajstić information content (AvgIpc) is 2.49. The van der Waals surface area contributed by atoms with Crippen molar-refractivity contribution in [3.63, 3.8) is 0 Å². The monoisotopic (exact) mass is 175 g/mol. The first kappa shape index (κ1) is 8.32. The Morgan fingerprint density at radius 1 is 1.38 bits per heavy atom. The van der Waals surface area contributed by atoms with Crippen LogP contribution in [0, 0.1) is 0 Å². The van der Waals surface area contributed by atoms with Crippen LogP contribution in [0.2, 0.25) is 0 Å². The molecule has 1 aliphatic rings. The van der Waals surface area contributed by atoms with E-state index in [2.05, 4.69) is 6.08 Å². The van der Waals surface area contributed by atoms with Gasteiger partial charge in [0.15, 0.2) is 0 Å². The zero-order valence-electron chi connectivity index (χ0n) is 7.46. The van der Waals surface area contributed by atoms with Crippen LogP contribution in [0.5, 0.6) is 5.75 Å². The Morgan fingerprint density at radius 3 is 3.00 bits per heavy atom. The van der Waals surface area contributed by atoms with Crippen molar-refractivity contribution in [2.24, 2.45) is 5.73 Å².